The zero-order chi connectivity index (χ0) is 18.4. The summed E-state index contributed by atoms with van der Waals surface area (Å²) in [6.07, 6.45) is 8.77. The summed E-state index contributed by atoms with van der Waals surface area (Å²) in [6, 6.07) is 5.24. The number of methoxy groups -OCH3 is 1. The summed E-state index contributed by atoms with van der Waals surface area (Å²) in [5.41, 5.74) is 0.953. The molecule has 2 aromatic rings. The van der Waals surface area contributed by atoms with E-state index in [1.807, 2.05) is 0 Å². The van der Waals surface area contributed by atoms with Crippen molar-refractivity contribution in [3.8, 4) is 0 Å². The lowest BCUT2D eigenvalue weighted by molar-refractivity contribution is 0.0601. The Morgan fingerprint density at radius 3 is 2.73 bits per heavy atom. The molecule has 3 rings (SSSR count). The highest BCUT2D eigenvalue weighted by atomic mass is 35.5. The minimum absolute atomic E-state index is 0.376. The minimum Gasteiger partial charge on any atom is -0.465 e. The van der Waals surface area contributed by atoms with Gasteiger partial charge in [0.25, 0.3) is 0 Å². The minimum atomic E-state index is -0.429. The van der Waals surface area contributed by atoms with Gasteiger partial charge in [0, 0.05) is 6.04 Å². The number of anilines is 3. The summed E-state index contributed by atoms with van der Waals surface area (Å²) in [5, 5.41) is 15.0. The lowest BCUT2D eigenvalue weighted by Gasteiger charge is -2.16. The zero-order valence-electron chi connectivity index (χ0n) is 14.7. The van der Waals surface area contributed by atoms with Crippen molar-refractivity contribution >= 4 is 35.0 Å². The fraction of sp³-hybridized carbons (Fsp3) is 0.444. The first-order valence-corrected chi connectivity index (χ1v) is 9.14. The van der Waals surface area contributed by atoms with E-state index in [1.165, 1.54) is 39.0 Å². The van der Waals surface area contributed by atoms with Gasteiger partial charge in [-0.3, -0.25) is 0 Å². The van der Waals surface area contributed by atoms with Crippen molar-refractivity contribution in [2.45, 2.75) is 44.6 Å². The summed E-state index contributed by atoms with van der Waals surface area (Å²) >= 11 is 6.21. The maximum absolute atomic E-state index is 11.7. The van der Waals surface area contributed by atoms with E-state index >= 15 is 0 Å². The number of rotatable bonds is 5. The van der Waals surface area contributed by atoms with Crippen molar-refractivity contribution < 1.29 is 9.53 Å². The molecule has 1 aromatic carbocycles. The third-order valence-corrected chi connectivity index (χ3v) is 4.73. The van der Waals surface area contributed by atoms with Gasteiger partial charge in [-0.2, -0.15) is 10.1 Å². The highest BCUT2D eigenvalue weighted by Crippen LogP contribution is 2.26. The number of carbonyl (C=O) groups is 1. The summed E-state index contributed by atoms with van der Waals surface area (Å²) < 4.78 is 4.74. The van der Waals surface area contributed by atoms with Crippen molar-refractivity contribution in [1.82, 2.24) is 15.2 Å². The van der Waals surface area contributed by atoms with Crippen LogP contribution in [-0.2, 0) is 4.74 Å². The molecule has 0 atom stereocenters. The Bertz CT molecular complexity index is 763. The van der Waals surface area contributed by atoms with Gasteiger partial charge < -0.3 is 15.4 Å². The van der Waals surface area contributed by atoms with Crippen LogP contribution < -0.4 is 10.6 Å². The van der Waals surface area contributed by atoms with Crippen LogP contribution in [0, 0.1) is 0 Å². The molecule has 26 heavy (non-hydrogen) atoms. The Labute approximate surface area is 157 Å². The maximum atomic E-state index is 11.7. The molecular formula is C18H22ClN5O2. The molecule has 1 aromatic heterocycles. The maximum Gasteiger partial charge on any atom is 0.337 e. The molecule has 8 heteroatoms. The lowest BCUT2D eigenvalue weighted by Crippen LogP contribution is -2.20. The van der Waals surface area contributed by atoms with Gasteiger partial charge in [-0.05, 0) is 31.0 Å². The van der Waals surface area contributed by atoms with Crippen LogP contribution in [0.15, 0.2) is 24.4 Å². The predicted molar refractivity (Wildman–Crippen MR) is 101 cm³/mol. The molecule has 0 amide bonds. The first kappa shape index (κ1) is 18.4. The molecule has 1 aliphatic carbocycles. The van der Waals surface area contributed by atoms with Gasteiger partial charge in [0.1, 0.15) is 0 Å². The molecule has 0 aliphatic heterocycles. The van der Waals surface area contributed by atoms with E-state index in [1.54, 1.807) is 18.2 Å². The standard InChI is InChI=1S/C18H22ClN5O2/c1-26-17(25)12-8-9-14(19)15(10-12)22-16-11-20-24-18(23-16)21-13-6-4-2-3-5-7-13/h8-11,13H,2-7H2,1H3,(H2,21,22,23,24). The average Bonchev–Trinajstić information content (AvgIpc) is 2.92. The summed E-state index contributed by atoms with van der Waals surface area (Å²) in [7, 11) is 1.34. The molecule has 0 bridgehead atoms. The Balaban J connectivity index is 1.73. The van der Waals surface area contributed by atoms with Gasteiger partial charge in [0.15, 0.2) is 5.82 Å². The normalized spacial score (nSPS) is 15.2. The number of benzene rings is 1. The van der Waals surface area contributed by atoms with Gasteiger partial charge in [-0.15, -0.1) is 5.10 Å². The molecule has 138 valence electrons. The quantitative estimate of drug-likeness (QED) is 0.598. The topological polar surface area (TPSA) is 89.0 Å². The summed E-state index contributed by atoms with van der Waals surface area (Å²) in [6.45, 7) is 0. The van der Waals surface area contributed by atoms with E-state index in [0.29, 0.717) is 34.1 Å². The molecule has 0 spiro atoms. The summed E-state index contributed by atoms with van der Waals surface area (Å²) in [4.78, 5) is 16.1. The van der Waals surface area contributed by atoms with Crippen LogP contribution in [0.5, 0.6) is 0 Å². The first-order valence-electron chi connectivity index (χ1n) is 8.77. The Hall–Kier alpha value is -2.41. The fourth-order valence-electron chi connectivity index (χ4n) is 3.04. The van der Waals surface area contributed by atoms with Gasteiger partial charge in [0.05, 0.1) is 29.6 Å². The van der Waals surface area contributed by atoms with Crippen molar-refractivity contribution in [1.29, 1.82) is 0 Å². The van der Waals surface area contributed by atoms with E-state index in [9.17, 15) is 4.79 Å². The second-order valence-electron chi connectivity index (χ2n) is 6.31. The first-order chi connectivity index (χ1) is 12.7. The SMILES string of the molecule is COC(=O)c1ccc(Cl)c(Nc2cnnc(NC3CCCCCC3)n2)c1. The second kappa shape index (κ2) is 8.80. The monoisotopic (exact) mass is 375 g/mol. The molecule has 0 unspecified atom stereocenters. The van der Waals surface area contributed by atoms with Crippen LogP contribution in [0.1, 0.15) is 48.9 Å². The largest absolute Gasteiger partial charge is 0.465 e. The third kappa shape index (κ3) is 4.82. The number of aromatic nitrogens is 3. The number of hydrogen-bond acceptors (Lipinski definition) is 7. The van der Waals surface area contributed by atoms with Crippen molar-refractivity contribution in [3.63, 3.8) is 0 Å². The number of hydrogen-bond donors (Lipinski definition) is 2. The number of esters is 1. The van der Waals surface area contributed by atoms with Crippen molar-refractivity contribution in [2.75, 3.05) is 17.7 Å². The zero-order valence-corrected chi connectivity index (χ0v) is 15.4. The smallest absolute Gasteiger partial charge is 0.337 e. The molecule has 2 N–H and O–H groups in total. The molecule has 1 fully saturated rings. The Morgan fingerprint density at radius 1 is 1.23 bits per heavy atom. The van der Waals surface area contributed by atoms with E-state index in [4.69, 9.17) is 16.3 Å². The molecule has 1 saturated carbocycles. The average molecular weight is 376 g/mol. The Morgan fingerprint density at radius 2 is 2.00 bits per heavy atom. The number of carbonyl (C=O) groups excluding carboxylic acids is 1. The number of ether oxygens (including phenoxy) is 1. The molecular weight excluding hydrogens is 354 g/mol. The van der Waals surface area contributed by atoms with Gasteiger partial charge in [0.2, 0.25) is 5.95 Å². The van der Waals surface area contributed by atoms with E-state index in [0.717, 1.165) is 12.8 Å². The number of nitrogens with one attached hydrogen (secondary N) is 2. The molecule has 1 heterocycles. The van der Waals surface area contributed by atoms with Gasteiger partial charge >= 0.3 is 5.97 Å². The highest BCUT2D eigenvalue weighted by molar-refractivity contribution is 6.33. The van der Waals surface area contributed by atoms with Crippen LogP contribution in [0.4, 0.5) is 17.5 Å². The van der Waals surface area contributed by atoms with Gasteiger partial charge in [-0.25, -0.2) is 4.79 Å². The molecule has 7 nitrogen and oxygen atoms in total. The lowest BCUT2D eigenvalue weighted by atomic mass is 10.1. The van der Waals surface area contributed by atoms with Crippen LogP contribution in [0.25, 0.3) is 0 Å². The van der Waals surface area contributed by atoms with E-state index in [-0.39, 0.29) is 0 Å². The van der Waals surface area contributed by atoms with E-state index in [2.05, 4.69) is 25.8 Å². The third-order valence-electron chi connectivity index (χ3n) is 4.40. The molecule has 0 radical (unpaired) electrons. The number of nitrogens with zero attached hydrogens (tertiary/aromatic N) is 3. The fourth-order valence-corrected chi connectivity index (χ4v) is 3.20. The number of halogens is 1. The van der Waals surface area contributed by atoms with Gasteiger partial charge in [-0.1, -0.05) is 37.3 Å². The Kier molecular flexibility index (Phi) is 6.22. The van der Waals surface area contributed by atoms with Crippen molar-refractivity contribution in [3.05, 3.63) is 35.0 Å². The van der Waals surface area contributed by atoms with Crippen molar-refractivity contribution in [2.24, 2.45) is 0 Å². The molecule has 1 aliphatic rings. The predicted octanol–water partition coefficient (Wildman–Crippen LogP) is 4.19. The van der Waals surface area contributed by atoms with Crippen LogP contribution in [0.3, 0.4) is 0 Å². The van der Waals surface area contributed by atoms with E-state index < -0.39 is 5.97 Å². The molecule has 0 saturated heterocycles. The van der Waals surface area contributed by atoms with Crippen LogP contribution >= 0.6 is 11.6 Å². The highest BCUT2D eigenvalue weighted by Gasteiger charge is 2.14. The van der Waals surface area contributed by atoms with Crippen LogP contribution in [0.2, 0.25) is 5.02 Å². The summed E-state index contributed by atoms with van der Waals surface area (Å²) in [5.74, 6) is 0.559. The second-order valence-corrected chi connectivity index (χ2v) is 6.72. The van der Waals surface area contributed by atoms with Crippen LogP contribution in [-0.4, -0.2) is 34.3 Å².